The fraction of sp³-hybridized carbons (Fsp3) is 0.207. The van der Waals surface area contributed by atoms with Gasteiger partial charge in [-0.3, -0.25) is 4.79 Å². The lowest BCUT2D eigenvalue weighted by Crippen LogP contribution is -2.35. The van der Waals surface area contributed by atoms with Crippen LogP contribution in [0.2, 0.25) is 0 Å². The predicted octanol–water partition coefficient (Wildman–Crippen LogP) is 4.80. The summed E-state index contributed by atoms with van der Waals surface area (Å²) in [6, 6.07) is 26.1. The smallest absolute Gasteiger partial charge is 0.319 e. The van der Waals surface area contributed by atoms with Crippen LogP contribution in [0.4, 0.5) is 10.5 Å². The van der Waals surface area contributed by atoms with Crippen LogP contribution in [0.5, 0.6) is 5.75 Å². The SMILES string of the molecule is CNC(=O)CCn1cc(-c2ccccc2)nc1C(Cc1ccccc1)NC(=O)Nc1ccc(OC)cc1. The molecule has 0 aliphatic carbocycles. The number of carbonyl (C=O) groups excluding carboxylic acids is 2. The average molecular weight is 498 g/mol. The molecule has 8 heteroatoms. The van der Waals surface area contributed by atoms with Gasteiger partial charge in [0.15, 0.2) is 0 Å². The van der Waals surface area contributed by atoms with Crippen molar-refractivity contribution in [1.29, 1.82) is 0 Å². The Balaban J connectivity index is 1.65. The van der Waals surface area contributed by atoms with Gasteiger partial charge in [-0.2, -0.15) is 0 Å². The lowest BCUT2D eigenvalue weighted by Gasteiger charge is -2.20. The third-order valence-electron chi connectivity index (χ3n) is 5.98. The van der Waals surface area contributed by atoms with Gasteiger partial charge in [-0.1, -0.05) is 60.7 Å². The van der Waals surface area contributed by atoms with Crippen LogP contribution in [0, 0.1) is 0 Å². The number of aromatic nitrogens is 2. The van der Waals surface area contributed by atoms with Crippen LogP contribution in [-0.2, 0) is 17.8 Å². The molecule has 0 aliphatic rings. The number of methoxy groups -OCH3 is 1. The van der Waals surface area contributed by atoms with Crippen molar-refractivity contribution in [2.45, 2.75) is 25.4 Å². The summed E-state index contributed by atoms with van der Waals surface area (Å²) in [5.74, 6) is 1.32. The molecule has 0 bridgehead atoms. The molecule has 1 heterocycles. The van der Waals surface area contributed by atoms with Gasteiger partial charge in [0, 0.05) is 37.5 Å². The molecule has 190 valence electrons. The Morgan fingerprint density at radius 3 is 2.27 bits per heavy atom. The van der Waals surface area contributed by atoms with Gasteiger partial charge in [0.2, 0.25) is 5.91 Å². The first kappa shape index (κ1) is 25.5. The van der Waals surface area contributed by atoms with Crippen molar-refractivity contribution < 1.29 is 14.3 Å². The van der Waals surface area contributed by atoms with Crippen LogP contribution < -0.4 is 20.7 Å². The molecule has 4 aromatic rings. The molecule has 4 rings (SSSR count). The third-order valence-corrected chi connectivity index (χ3v) is 5.98. The number of nitrogens with zero attached hydrogens (tertiary/aromatic N) is 2. The fourth-order valence-electron chi connectivity index (χ4n) is 4.04. The highest BCUT2D eigenvalue weighted by Crippen LogP contribution is 2.25. The molecule has 3 aromatic carbocycles. The predicted molar refractivity (Wildman–Crippen MR) is 144 cm³/mol. The first-order valence-electron chi connectivity index (χ1n) is 12.1. The Bertz CT molecular complexity index is 1300. The standard InChI is InChI=1S/C29H31N5O3/c1-30-27(35)17-18-34-20-26(22-11-7-4-8-12-22)32-28(34)25(19-21-9-5-3-6-10-21)33-29(36)31-23-13-15-24(37-2)16-14-23/h3-16,20,25H,17-19H2,1-2H3,(H,30,35)(H2,31,33,36). The zero-order chi connectivity index (χ0) is 26.0. The molecular weight excluding hydrogens is 466 g/mol. The van der Waals surface area contributed by atoms with Gasteiger partial charge >= 0.3 is 6.03 Å². The first-order chi connectivity index (χ1) is 18.1. The molecule has 0 radical (unpaired) electrons. The van der Waals surface area contributed by atoms with E-state index in [9.17, 15) is 9.59 Å². The van der Waals surface area contributed by atoms with Gasteiger partial charge in [0.25, 0.3) is 0 Å². The molecule has 1 aromatic heterocycles. The Morgan fingerprint density at radius 2 is 1.62 bits per heavy atom. The molecule has 1 atom stereocenters. The van der Waals surface area contributed by atoms with Gasteiger partial charge in [0.1, 0.15) is 11.6 Å². The molecule has 0 fully saturated rings. The van der Waals surface area contributed by atoms with Crippen LogP contribution in [-0.4, -0.2) is 35.6 Å². The van der Waals surface area contributed by atoms with E-state index in [0.29, 0.717) is 36.6 Å². The summed E-state index contributed by atoms with van der Waals surface area (Å²) in [5.41, 5.74) is 3.44. The molecule has 3 amide bonds. The van der Waals surface area contributed by atoms with Crippen molar-refractivity contribution in [2.24, 2.45) is 0 Å². The maximum atomic E-state index is 13.1. The number of anilines is 1. The molecule has 0 saturated carbocycles. The summed E-state index contributed by atoms with van der Waals surface area (Å²) in [6.07, 6.45) is 2.76. The Hall–Kier alpha value is -4.59. The van der Waals surface area contributed by atoms with Crippen LogP contribution in [0.3, 0.4) is 0 Å². The number of hydrogen-bond donors (Lipinski definition) is 3. The highest BCUT2D eigenvalue weighted by Gasteiger charge is 2.23. The Labute approximate surface area is 216 Å². The number of imidazole rings is 1. The van der Waals surface area contributed by atoms with E-state index in [1.807, 2.05) is 71.4 Å². The number of rotatable bonds is 10. The van der Waals surface area contributed by atoms with Crippen LogP contribution in [0.15, 0.2) is 91.1 Å². The Morgan fingerprint density at radius 1 is 0.946 bits per heavy atom. The molecule has 8 nitrogen and oxygen atoms in total. The number of carbonyl (C=O) groups is 2. The molecule has 0 spiro atoms. The van der Waals surface area contributed by atoms with Gasteiger partial charge in [-0.25, -0.2) is 9.78 Å². The zero-order valence-electron chi connectivity index (χ0n) is 21.0. The maximum Gasteiger partial charge on any atom is 0.319 e. The largest absolute Gasteiger partial charge is 0.497 e. The van der Waals surface area contributed by atoms with Crippen LogP contribution in [0.25, 0.3) is 11.3 Å². The van der Waals surface area contributed by atoms with E-state index >= 15 is 0 Å². The first-order valence-corrected chi connectivity index (χ1v) is 12.1. The van der Waals surface area contributed by atoms with E-state index in [4.69, 9.17) is 9.72 Å². The third kappa shape index (κ3) is 6.98. The fourth-order valence-corrected chi connectivity index (χ4v) is 4.04. The lowest BCUT2D eigenvalue weighted by atomic mass is 10.1. The summed E-state index contributed by atoms with van der Waals surface area (Å²) < 4.78 is 7.15. The van der Waals surface area contributed by atoms with E-state index in [0.717, 1.165) is 16.8 Å². The summed E-state index contributed by atoms with van der Waals surface area (Å²) in [6.45, 7) is 0.432. The minimum absolute atomic E-state index is 0.0641. The Kier molecular flexibility index (Phi) is 8.54. The van der Waals surface area contributed by atoms with Crippen molar-refractivity contribution >= 4 is 17.6 Å². The molecule has 37 heavy (non-hydrogen) atoms. The van der Waals surface area contributed by atoms with Crippen molar-refractivity contribution in [2.75, 3.05) is 19.5 Å². The van der Waals surface area contributed by atoms with E-state index in [2.05, 4.69) is 16.0 Å². The van der Waals surface area contributed by atoms with E-state index in [1.165, 1.54) is 0 Å². The highest BCUT2D eigenvalue weighted by atomic mass is 16.5. The maximum absolute atomic E-state index is 13.1. The number of urea groups is 1. The number of aryl methyl sites for hydroxylation is 1. The van der Waals surface area contributed by atoms with E-state index < -0.39 is 6.04 Å². The normalized spacial score (nSPS) is 11.4. The van der Waals surface area contributed by atoms with E-state index in [-0.39, 0.29) is 11.9 Å². The second-order valence-electron chi connectivity index (χ2n) is 8.54. The van der Waals surface area contributed by atoms with Crippen molar-refractivity contribution in [3.8, 4) is 17.0 Å². The quantitative estimate of drug-likeness (QED) is 0.293. The van der Waals surface area contributed by atoms with Crippen LogP contribution >= 0.6 is 0 Å². The van der Waals surface area contributed by atoms with Crippen LogP contribution in [0.1, 0.15) is 23.9 Å². The number of ether oxygens (including phenoxy) is 1. The van der Waals surface area contributed by atoms with Gasteiger partial charge in [-0.05, 0) is 36.2 Å². The summed E-state index contributed by atoms with van der Waals surface area (Å²) in [4.78, 5) is 30.0. The summed E-state index contributed by atoms with van der Waals surface area (Å²) in [5, 5.41) is 8.66. The average Bonchev–Trinajstić information content (AvgIpc) is 3.37. The van der Waals surface area contributed by atoms with Crippen molar-refractivity contribution in [1.82, 2.24) is 20.2 Å². The monoisotopic (exact) mass is 497 g/mol. The summed E-state index contributed by atoms with van der Waals surface area (Å²) >= 11 is 0. The molecule has 3 N–H and O–H groups in total. The molecular formula is C29H31N5O3. The number of hydrogen-bond acceptors (Lipinski definition) is 4. The second kappa shape index (κ2) is 12.4. The lowest BCUT2D eigenvalue weighted by molar-refractivity contribution is -0.120. The number of nitrogens with one attached hydrogen (secondary N) is 3. The van der Waals surface area contributed by atoms with Crippen molar-refractivity contribution in [3.05, 3.63) is 103 Å². The van der Waals surface area contributed by atoms with Gasteiger partial charge in [0.05, 0.1) is 18.8 Å². The molecule has 0 aliphatic heterocycles. The van der Waals surface area contributed by atoms with Crippen molar-refractivity contribution in [3.63, 3.8) is 0 Å². The topological polar surface area (TPSA) is 97.3 Å². The molecule has 1 unspecified atom stereocenters. The number of benzene rings is 3. The second-order valence-corrected chi connectivity index (χ2v) is 8.54. The highest BCUT2D eigenvalue weighted by molar-refractivity contribution is 5.89. The van der Waals surface area contributed by atoms with E-state index in [1.54, 1.807) is 38.4 Å². The van der Waals surface area contributed by atoms with Gasteiger partial charge < -0.3 is 25.3 Å². The van der Waals surface area contributed by atoms with Gasteiger partial charge in [-0.15, -0.1) is 0 Å². The minimum atomic E-state index is -0.442. The molecule has 0 saturated heterocycles. The minimum Gasteiger partial charge on any atom is -0.497 e. The summed E-state index contributed by atoms with van der Waals surface area (Å²) in [7, 11) is 3.22. The zero-order valence-corrected chi connectivity index (χ0v) is 21.0. The number of amides is 3.